The molecule has 0 fully saturated rings. The first-order chi connectivity index (χ1) is 8.56. The second kappa shape index (κ2) is 5.02. The lowest BCUT2D eigenvalue weighted by Crippen LogP contribution is -2.25. The van der Waals surface area contributed by atoms with Crippen molar-refractivity contribution in [2.24, 2.45) is 0 Å². The number of hydrogen-bond acceptors (Lipinski definition) is 4. The van der Waals surface area contributed by atoms with Crippen molar-refractivity contribution in [2.45, 2.75) is 0 Å². The van der Waals surface area contributed by atoms with E-state index < -0.39 is 11.7 Å². The fraction of sp³-hybridized carbons (Fsp3) is 0.385. The molecule has 4 nitrogen and oxygen atoms in total. The lowest BCUT2D eigenvalue weighted by Gasteiger charge is -2.20. The molecule has 2 rings (SSSR count). The van der Waals surface area contributed by atoms with Gasteiger partial charge in [0.1, 0.15) is 0 Å². The van der Waals surface area contributed by atoms with Gasteiger partial charge in [0, 0.05) is 32.1 Å². The van der Waals surface area contributed by atoms with Gasteiger partial charge in [0.2, 0.25) is 0 Å². The van der Waals surface area contributed by atoms with Crippen molar-refractivity contribution in [1.29, 1.82) is 0 Å². The maximum Gasteiger partial charge on any atom is 0.299 e. The number of fused-ring (bicyclic) bond motifs is 1. The predicted molar refractivity (Wildman–Crippen MR) is 75.8 cm³/mol. The molecule has 18 heavy (non-hydrogen) atoms. The second-order valence-corrected chi connectivity index (χ2v) is 5.29. The molecule has 1 aliphatic rings. The summed E-state index contributed by atoms with van der Waals surface area (Å²) in [5.74, 6) is 0.182. The number of carbonyl (C=O) groups excluding carboxylic acids is 2. The summed E-state index contributed by atoms with van der Waals surface area (Å²) in [5.41, 5.74) is 2.24. The number of nitrogens with zero attached hydrogens (tertiary/aromatic N) is 2. The van der Waals surface area contributed by atoms with Crippen LogP contribution >= 0.6 is 11.8 Å². The van der Waals surface area contributed by atoms with E-state index in [1.165, 1.54) is 4.90 Å². The highest BCUT2D eigenvalue weighted by atomic mass is 32.2. The molecule has 1 heterocycles. The molecule has 0 spiro atoms. The van der Waals surface area contributed by atoms with E-state index in [-0.39, 0.29) is 0 Å². The van der Waals surface area contributed by atoms with E-state index in [1.807, 2.05) is 19.2 Å². The molecular formula is C13H16N2O2S. The van der Waals surface area contributed by atoms with Gasteiger partial charge in [-0.15, -0.1) is 0 Å². The Labute approximate surface area is 111 Å². The average molecular weight is 264 g/mol. The first-order valence-electron chi connectivity index (χ1n) is 5.72. The number of carbonyl (C=O) groups is 2. The highest BCUT2D eigenvalue weighted by molar-refractivity contribution is 7.98. The number of likely N-dealkylation sites (N-methyl/N-ethyl adjacent to an activating group) is 1. The van der Waals surface area contributed by atoms with Crippen LogP contribution in [0.25, 0.3) is 0 Å². The third kappa shape index (κ3) is 2.10. The van der Waals surface area contributed by atoms with E-state index in [0.29, 0.717) is 11.3 Å². The summed E-state index contributed by atoms with van der Waals surface area (Å²) < 4.78 is 0. The number of hydrogen-bond donors (Lipinski definition) is 0. The van der Waals surface area contributed by atoms with Crippen LogP contribution < -0.4 is 9.80 Å². The van der Waals surface area contributed by atoms with E-state index in [4.69, 9.17) is 0 Å². The molecule has 0 saturated carbocycles. The Morgan fingerprint density at radius 2 is 2.06 bits per heavy atom. The van der Waals surface area contributed by atoms with Crippen molar-refractivity contribution in [3.63, 3.8) is 0 Å². The molecule has 96 valence electrons. The molecule has 5 heteroatoms. The second-order valence-electron chi connectivity index (χ2n) is 4.31. The van der Waals surface area contributed by atoms with Gasteiger partial charge in [-0.25, -0.2) is 0 Å². The maximum atomic E-state index is 11.7. The lowest BCUT2D eigenvalue weighted by molar-refractivity contribution is -0.114. The summed E-state index contributed by atoms with van der Waals surface area (Å²) >= 11 is 1.79. The summed E-state index contributed by atoms with van der Waals surface area (Å²) in [5, 5.41) is 0. The molecule has 0 aliphatic carbocycles. The lowest BCUT2D eigenvalue weighted by atomic mass is 10.1. The Balaban J connectivity index is 2.29. The highest BCUT2D eigenvalue weighted by Gasteiger charge is 2.33. The molecule has 0 atom stereocenters. The Kier molecular flexibility index (Phi) is 3.61. The van der Waals surface area contributed by atoms with Crippen molar-refractivity contribution in [1.82, 2.24) is 0 Å². The summed E-state index contributed by atoms with van der Waals surface area (Å²) in [6.45, 7) is 0.936. The van der Waals surface area contributed by atoms with Gasteiger partial charge >= 0.3 is 0 Å². The SMILES string of the molecule is CSCCN(C)c1ccc2c(c1)N(C)C(=O)C2=O. The molecule has 0 unspecified atom stereocenters. The van der Waals surface area contributed by atoms with Gasteiger partial charge in [0.05, 0.1) is 11.3 Å². The minimum absolute atomic E-state index is 0.411. The Morgan fingerprint density at radius 3 is 2.72 bits per heavy atom. The normalized spacial score (nSPS) is 14.1. The van der Waals surface area contributed by atoms with Gasteiger partial charge in [-0.1, -0.05) is 0 Å². The largest absolute Gasteiger partial charge is 0.374 e. The predicted octanol–water partition coefficient (Wildman–Crippen LogP) is 1.64. The van der Waals surface area contributed by atoms with Gasteiger partial charge in [-0.3, -0.25) is 9.59 Å². The van der Waals surface area contributed by atoms with E-state index >= 15 is 0 Å². The summed E-state index contributed by atoms with van der Waals surface area (Å²) in [6, 6.07) is 5.53. The van der Waals surface area contributed by atoms with E-state index in [9.17, 15) is 9.59 Å². The van der Waals surface area contributed by atoms with Crippen molar-refractivity contribution >= 4 is 34.8 Å². The van der Waals surface area contributed by atoms with Crippen LogP contribution in [0, 0.1) is 0 Å². The smallest absolute Gasteiger partial charge is 0.299 e. The molecule has 1 amide bonds. The van der Waals surface area contributed by atoms with Crippen molar-refractivity contribution in [3.8, 4) is 0 Å². The summed E-state index contributed by atoms with van der Waals surface area (Å²) in [6.07, 6.45) is 2.07. The number of ketones is 1. The molecule has 0 bridgehead atoms. The topological polar surface area (TPSA) is 40.6 Å². The van der Waals surface area contributed by atoms with Crippen LogP contribution in [0.2, 0.25) is 0 Å². The van der Waals surface area contributed by atoms with Crippen LogP contribution in [0.1, 0.15) is 10.4 Å². The molecule has 0 saturated heterocycles. The molecule has 1 aliphatic heterocycles. The first-order valence-corrected chi connectivity index (χ1v) is 7.12. The van der Waals surface area contributed by atoms with Gasteiger partial charge < -0.3 is 9.80 Å². The minimum atomic E-state index is -0.450. The van der Waals surface area contributed by atoms with Crippen LogP contribution in [0.15, 0.2) is 18.2 Å². The number of benzene rings is 1. The van der Waals surface area contributed by atoms with Crippen LogP contribution in [-0.2, 0) is 4.79 Å². The number of thioether (sulfide) groups is 1. The molecule has 1 aromatic carbocycles. The average Bonchev–Trinajstić information content (AvgIpc) is 2.61. The summed E-state index contributed by atoms with van der Waals surface area (Å²) in [4.78, 5) is 26.8. The van der Waals surface area contributed by atoms with E-state index in [1.54, 1.807) is 24.9 Å². The van der Waals surface area contributed by atoms with Gasteiger partial charge in [-0.05, 0) is 24.5 Å². The highest BCUT2D eigenvalue weighted by Crippen LogP contribution is 2.31. The molecule has 0 N–H and O–H groups in total. The number of amides is 1. The van der Waals surface area contributed by atoms with Crippen LogP contribution in [-0.4, -0.2) is 44.3 Å². The third-order valence-corrected chi connectivity index (χ3v) is 3.75. The Morgan fingerprint density at radius 1 is 1.33 bits per heavy atom. The quantitative estimate of drug-likeness (QED) is 0.775. The fourth-order valence-corrected chi connectivity index (χ4v) is 2.42. The Hall–Kier alpha value is -1.49. The first kappa shape index (κ1) is 13.0. The molecular weight excluding hydrogens is 248 g/mol. The molecule has 0 radical (unpaired) electrons. The van der Waals surface area contributed by atoms with Crippen LogP contribution in [0.3, 0.4) is 0 Å². The maximum absolute atomic E-state index is 11.7. The fourth-order valence-electron chi connectivity index (χ4n) is 1.96. The summed E-state index contributed by atoms with van der Waals surface area (Å²) in [7, 11) is 3.65. The van der Waals surface area contributed by atoms with E-state index in [0.717, 1.165) is 18.0 Å². The number of rotatable bonds is 4. The van der Waals surface area contributed by atoms with Crippen molar-refractivity contribution in [2.75, 3.05) is 42.4 Å². The zero-order valence-electron chi connectivity index (χ0n) is 10.8. The molecule has 0 aromatic heterocycles. The van der Waals surface area contributed by atoms with Crippen LogP contribution in [0.5, 0.6) is 0 Å². The zero-order chi connectivity index (χ0) is 13.3. The molecule has 1 aromatic rings. The minimum Gasteiger partial charge on any atom is -0.374 e. The van der Waals surface area contributed by atoms with Crippen LogP contribution in [0.4, 0.5) is 11.4 Å². The number of anilines is 2. The monoisotopic (exact) mass is 264 g/mol. The van der Waals surface area contributed by atoms with E-state index in [2.05, 4.69) is 11.2 Å². The van der Waals surface area contributed by atoms with Gasteiger partial charge in [-0.2, -0.15) is 11.8 Å². The van der Waals surface area contributed by atoms with Crippen molar-refractivity contribution in [3.05, 3.63) is 23.8 Å². The zero-order valence-corrected chi connectivity index (χ0v) is 11.6. The third-order valence-electron chi connectivity index (χ3n) is 3.16. The number of Topliss-reactive ketones (excluding diaryl/α,β-unsaturated/α-hetero) is 1. The van der Waals surface area contributed by atoms with Gasteiger partial charge in [0.15, 0.2) is 0 Å². The standard InChI is InChI=1S/C13H16N2O2S/c1-14(6-7-18-3)9-4-5-10-11(8-9)15(2)13(17)12(10)16/h4-5,8H,6-7H2,1-3H3. The van der Waals surface area contributed by atoms with Crippen molar-refractivity contribution < 1.29 is 9.59 Å². The van der Waals surface area contributed by atoms with Gasteiger partial charge in [0.25, 0.3) is 11.7 Å². The Bertz CT molecular complexity index is 502.